The zero-order valence-electron chi connectivity index (χ0n) is 17.6. The van der Waals surface area contributed by atoms with E-state index >= 15 is 0 Å². The standard InChI is InChI=1S/C22H20F2N4O3S.ClH/c1-30-16-3-5-17(6-4-16)31-13-20(29)28(9-2-8-27-10-7-25-14-27)22-26-21-18(24)11-15(23)12-19(21)32-22;/h3-7,10-12,14H,2,8-9,13H2,1H3;1H. The van der Waals surface area contributed by atoms with Gasteiger partial charge in [0.05, 0.1) is 18.1 Å². The molecule has 33 heavy (non-hydrogen) atoms. The number of hydrogen-bond acceptors (Lipinski definition) is 6. The second-order valence-corrected chi connectivity index (χ2v) is 7.90. The highest BCUT2D eigenvalue weighted by molar-refractivity contribution is 7.22. The number of hydrogen-bond donors (Lipinski definition) is 0. The lowest BCUT2D eigenvalue weighted by atomic mass is 10.3. The lowest BCUT2D eigenvalue weighted by Gasteiger charge is -2.20. The molecule has 0 N–H and O–H groups in total. The molecular formula is C22H21ClF2N4O3S. The maximum absolute atomic E-state index is 14.1. The van der Waals surface area contributed by atoms with Crippen molar-refractivity contribution in [2.45, 2.75) is 13.0 Å². The molecule has 0 unspecified atom stereocenters. The van der Waals surface area contributed by atoms with E-state index in [1.165, 1.54) is 11.0 Å². The molecule has 0 radical (unpaired) electrons. The number of rotatable bonds is 9. The van der Waals surface area contributed by atoms with Gasteiger partial charge in [0.1, 0.15) is 22.8 Å². The Morgan fingerprint density at radius 1 is 1.18 bits per heavy atom. The minimum absolute atomic E-state index is 0. The first-order valence-corrected chi connectivity index (χ1v) is 10.6. The van der Waals surface area contributed by atoms with E-state index in [9.17, 15) is 13.6 Å². The van der Waals surface area contributed by atoms with E-state index in [-0.39, 0.29) is 30.4 Å². The molecule has 0 spiro atoms. The number of benzene rings is 2. The predicted molar refractivity (Wildman–Crippen MR) is 124 cm³/mol. The molecule has 0 aliphatic carbocycles. The van der Waals surface area contributed by atoms with Crippen LogP contribution < -0.4 is 14.4 Å². The van der Waals surface area contributed by atoms with Crippen LogP contribution in [0.15, 0.2) is 55.1 Å². The lowest BCUT2D eigenvalue weighted by Crippen LogP contribution is -2.36. The van der Waals surface area contributed by atoms with Gasteiger partial charge in [0.25, 0.3) is 5.91 Å². The molecule has 2 heterocycles. The number of imidazole rings is 1. The average molecular weight is 495 g/mol. The van der Waals surface area contributed by atoms with Crippen LogP contribution in [-0.2, 0) is 11.3 Å². The van der Waals surface area contributed by atoms with Gasteiger partial charge in [-0.25, -0.2) is 18.7 Å². The quantitative estimate of drug-likeness (QED) is 0.337. The van der Waals surface area contributed by atoms with Crippen molar-refractivity contribution in [2.24, 2.45) is 0 Å². The van der Waals surface area contributed by atoms with Crippen LogP contribution in [0.2, 0.25) is 0 Å². The fourth-order valence-electron chi connectivity index (χ4n) is 3.11. The Kier molecular flexibility index (Phi) is 8.18. The van der Waals surface area contributed by atoms with E-state index in [0.717, 1.165) is 17.4 Å². The van der Waals surface area contributed by atoms with Crippen molar-refractivity contribution in [1.82, 2.24) is 14.5 Å². The third-order valence-corrected chi connectivity index (χ3v) is 5.74. The van der Waals surface area contributed by atoms with E-state index in [1.54, 1.807) is 43.9 Å². The van der Waals surface area contributed by atoms with E-state index < -0.39 is 11.6 Å². The van der Waals surface area contributed by atoms with Crippen LogP contribution in [-0.4, -0.2) is 40.7 Å². The Balaban J connectivity index is 0.00000306. The Bertz CT molecular complexity index is 1200. The van der Waals surface area contributed by atoms with E-state index in [0.29, 0.717) is 40.8 Å². The highest BCUT2D eigenvalue weighted by atomic mass is 35.5. The van der Waals surface area contributed by atoms with Gasteiger partial charge < -0.3 is 14.0 Å². The smallest absolute Gasteiger partial charge is 0.266 e. The first-order valence-electron chi connectivity index (χ1n) is 9.82. The molecule has 0 bridgehead atoms. The molecule has 11 heteroatoms. The molecule has 4 rings (SSSR count). The van der Waals surface area contributed by atoms with Gasteiger partial charge in [0.2, 0.25) is 0 Å². The van der Waals surface area contributed by atoms with Crippen molar-refractivity contribution in [2.75, 3.05) is 25.2 Å². The van der Waals surface area contributed by atoms with Crippen molar-refractivity contribution in [3.05, 3.63) is 66.8 Å². The number of fused-ring (bicyclic) bond motifs is 1. The van der Waals surface area contributed by atoms with Gasteiger partial charge in [0, 0.05) is 31.5 Å². The molecule has 0 atom stereocenters. The summed E-state index contributed by atoms with van der Waals surface area (Å²) in [5, 5.41) is 0.290. The normalized spacial score (nSPS) is 10.6. The Labute approximate surface area is 199 Å². The largest absolute Gasteiger partial charge is 0.497 e. The van der Waals surface area contributed by atoms with Crippen LogP contribution in [0.25, 0.3) is 10.2 Å². The third-order valence-electron chi connectivity index (χ3n) is 4.71. The Morgan fingerprint density at radius 3 is 2.64 bits per heavy atom. The lowest BCUT2D eigenvalue weighted by molar-refractivity contribution is -0.120. The molecule has 0 aliphatic heterocycles. The zero-order chi connectivity index (χ0) is 22.5. The Hall–Kier alpha value is -3.24. The second kappa shape index (κ2) is 11.1. The van der Waals surface area contributed by atoms with Crippen LogP contribution in [0.3, 0.4) is 0 Å². The second-order valence-electron chi connectivity index (χ2n) is 6.89. The zero-order valence-corrected chi connectivity index (χ0v) is 19.2. The van der Waals surface area contributed by atoms with Gasteiger partial charge in [-0.1, -0.05) is 11.3 Å². The summed E-state index contributed by atoms with van der Waals surface area (Å²) < 4.78 is 40.7. The minimum Gasteiger partial charge on any atom is -0.497 e. The van der Waals surface area contributed by atoms with Crippen molar-refractivity contribution in [3.63, 3.8) is 0 Å². The molecule has 1 amide bonds. The van der Waals surface area contributed by atoms with Crippen molar-refractivity contribution >= 4 is 45.0 Å². The van der Waals surface area contributed by atoms with Gasteiger partial charge in [-0.3, -0.25) is 9.69 Å². The maximum Gasteiger partial charge on any atom is 0.266 e. The number of anilines is 1. The number of methoxy groups -OCH3 is 1. The van der Waals surface area contributed by atoms with Crippen LogP contribution in [0.1, 0.15) is 6.42 Å². The molecule has 0 aliphatic rings. The van der Waals surface area contributed by atoms with Crippen LogP contribution in [0.5, 0.6) is 11.5 Å². The number of halogens is 3. The first kappa shape index (κ1) is 24.4. The van der Waals surface area contributed by atoms with Crippen molar-refractivity contribution in [3.8, 4) is 11.5 Å². The van der Waals surface area contributed by atoms with Crippen LogP contribution in [0, 0.1) is 11.6 Å². The number of carbonyl (C=O) groups excluding carboxylic acids is 1. The van der Waals surface area contributed by atoms with Crippen LogP contribution >= 0.6 is 23.7 Å². The molecule has 0 saturated carbocycles. The maximum atomic E-state index is 14.1. The van der Waals surface area contributed by atoms with Gasteiger partial charge in [-0.2, -0.15) is 0 Å². The van der Waals surface area contributed by atoms with Gasteiger partial charge >= 0.3 is 0 Å². The molecule has 2 aromatic heterocycles. The summed E-state index contributed by atoms with van der Waals surface area (Å²) in [5.74, 6) is -0.608. The van der Waals surface area contributed by atoms with E-state index in [4.69, 9.17) is 9.47 Å². The number of thiazole rings is 1. The summed E-state index contributed by atoms with van der Waals surface area (Å²) in [7, 11) is 1.56. The van der Waals surface area contributed by atoms with Crippen molar-refractivity contribution < 1.29 is 23.0 Å². The summed E-state index contributed by atoms with van der Waals surface area (Å²) in [6, 6.07) is 8.85. The number of aryl methyl sites for hydroxylation is 1. The fourth-order valence-corrected chi connectivity index (χ4v) is 4.16. The summed E-state index contributed by atoms with van der Waals surface area (Å²) in [6.07, 6.45) is 5.80. The molecule has 0 saturated heterocycles. The summed E-state index contributed by atoms with van der Waals surface area (Å²) >= 11 is 1.06. The summed E-state index contributed by atoms with van der Waals surface area (Å²) in [5.41, 5.74) is 0.0369. The minimum atomic E-state index is -0.761. The summed E-state index contributed by atoms with van der Waals surface area (Å²) in [6.45, 7) is 0.730. The van der Waals surface area contributed by atoms with Gasteiger partial charge in [0.15, 0.2) is 17.6 Å². The van der Waals surface area contributed by atoms with Gasteiger partial charge in [-0.15, -0.1) is 12.4 Å². The SMILES string of the molecule is COc1ccc(OCC(=O)N(CCCn2ccnc2)c2nc3c(F)cc(F)cc3s2)cc1.Cl. The van der Waals surface area contributed by atoms with Crippen LogP contribution in [0.4, 0.5) is 13.9 Å². The molecule has 174 valence electrons. The molecular weight excluding hydrogens is 474 g/mol. The number of amides is 1. The summed E-state index contributed by atoms with van der Waals surface area (Å²) in [4.78, 5) is 22.7. The highest BCUT2D eigenvalue weighted by Gasteiger charge is 2.22. The number of aromatic nitrogens is 3. The van der Waals surface area contributed by atoms with Gasteiger partial charge in [-0.05, 0) is 36.8 Å². The third kappa shape index (κ3) is 5.96. The topological polar surface area (TPSA) is 69.5 Å². The first-order chi connectivity index (χ1) is 15.5. The highest BCUT2D eigenvalue weighted by Crippen LogP contribution is 2.31. The fraction of sp³-hybridized carbons (Fsp3) is 0.227. The predicted octanol–water partition coefficient (Wildman–Crippen LogP) is 4.70. The van der Waals surface area contributed by atoms with E-state index in [1.807, 2.05) is 10.8 Å². The molecule has 0 fully saturated rings. The number of nitrogens with zero attached hydrogens (tertiary/aromatic N) is 4. The molecule has 7 nitrogen and oxygen atoms in total. The Morgan fingerprint density at radius 2 is 1.94 bits per heavy atom. The molecule has 2 aromatic carbocycles. The van der Waals surface area contributed by atoms with E-state index in [2.05, 4.69) is 9.97 Å². The average Bonchev–Trinajstić information content (AvgIpc) is 3.45. The number of ether oxygens (including phenoxy) is 2. The monoisotopic (exact) mass is 494 g/mol. The molecule has 4 aromatic rings. The number of carbonyl (C=O) groups is 1. The van der Waals surface area contributed by atoms with Crippen molar-refractivity contribution in [1.29, 1.82) is 0 Å².